The fraction of sp³-hybridized carbons (Fsp3) is 0.500. The molecular formula is C22H28ClFN3O8PS. The highest BCUT2D eigenvalue weighted by molar-refractivity contribution is 8.09. The van der Waals surface area contributed by atoms with Crippen molar-refractivity contribution in [3.8, 4) is 5.75 Å². The second-order valence-electron chi connectivity index (χ2n) is 8.66. The Kier molecular flexibility index (Phi) is 9.33. The number of hydrogen-bond donors (Lipinski definition) is 3. The number of ether oxygens (including phenoxy) is 2. The minimum atomic E-state index is -3.52. The summed E-state index contributed by atoms with van der Waals surface area (Å²) >= 11 is 11.5. The van der Waals surface area contributed by atoms with E-state index in [0.29, 0.717) is 5.75 Å². The average Bonchev–Trinajstić information content (AvgIpc) is 3.03. The van der Waals surface area contributed by atoms with E-state index < -0.39 is 60.1 Å². The fourth-order valence-electron chi connectivity index (χ4n) is 3.37. The molecule has 15 heteroatoms. The number of nitrogens with one attached hydrogen (secondary N) is 2. The SMILES string of the molecule is Cc1cn([C@@H]2O[C@H](CO[P@@](=S)(N[C@H](C)C(=O)OC(C)C)Oc3ccccc3)[C@@H](O)[C@@]2(F)Cl)c(=O)[nH]c1=O. The van der Waals surface area contributed by atoms with Gasteiger partial charge in [-0.15, -0.1) is 0 Å². The number of rotatable bonds is 10. The van der Waals surface area contributed by atoms with Crippen LogP contribution in [0.2, 0.25) is 0 Å². The number of aromatic amines is 1. The van der Waals surface area contributed by atoms with E-state index in [-0.39, 0.29) is 11.7 Å². The molecule has 1 aromatic carbocycles. The van der Waals surface area contributed by atoms with Gasteiger partial charge in [0.25, 0.3) is 10.7 Å². The van der Waals surface area contributed by atoms with Crippen LogP contribution in [0, 0.1) is 6.92 Å². The van der Waals surface area contributed by atoms with Gasteiger partial charge in [-0.05, 0) is 51.6 Å². The van der Waals surface area contributed by atoms with Crippen molar-refractivity contribution in [2.45, 2.75) is 63.4 Å². The van der Waals surface area contributed by atoms with E-state index >= 15 is 4.39 Å². The number of H-pyrrole nitrogens is 1. The minimum absolute atomic E-state index is 0.100. The molecule has 11 nitrogen and oxygen atoms in total. The number of aromatic nitrogens is 2. The number of aliphatic hydroxyl groups is 1. The predicted molar refractivity (Wildman–Crippen MR) is 137 cm³/mol. The highest BCUT2D eigenvalue weighted by Crippen LogP contribution is 2.48. The number of esters is 1. The molecule has 0 aliphatic carbocycles. The van der Waals surface area contributed by atoms with Crippen molar-refractivity contribution in [2.24, 2.45) is 0 Å². The molecule has 1 aliphatic heterocycles. The van der Waals surface area contributed by atoms with Gasteiger partial charge >= 0.3 is 18.3 Å². The first-order valence-corrected chi connectivity index (χ1v) is 14.3. The Morgan fingerprint density at radius 1 is 1.35 bits per heavy atom. The molecule has 0 radical (unpaired) electrons. The summed E-state index contributed by atoms with van der Waals surface area (Å²) in [7, 11) is 0. The van der Waals surface area contributed by atoms with Crippen molar-refractivity contribution in [1.82, 2.24) is 14.6 Å². The Morgan fingerprint density at radius 2 is 2.00 bits per heavy atom. The Balaban J connectivity index is 1.82. The van der Waals surface area contributed by atoms with Crippen LogP contribution in [-0.2, 0) is 30.6 Å². The summed E-state index contributed by atoms with van der Waals surface area (Å²) in [4.78, 5) is 38.3. The highest BCUT2D eigenvalue weighted by atomic mass is 35.5. The lowest BCUT2D eigenvalue weighted by Crippen LogP contribution is -2.42. The van der Waals surface area contributed by atoms with Gasteiger partial charge in [0.2, 0.25) is 0 Å². The first kappa shape index (κ1) is 29.4. The van der Waals surface area contributed by atoms with E-state index in [9.17, 15) is 19.5 Å². The van der Waals surface area contributed by atoms with Crippen LogP contribution in [-0.4, -0.2) is 56.7 Å². The van der Waals surface area contributed by atoms with Gasteiger partial charge in [-0.2, -0.15) is 0 Å². The number of para-hydroxylation sites is 1. The summed E-state index contributed by atoms with van der Waals surface area (Å²) in [5.41, 5.74) is -1.54. The molecule has 0 spiro atoms. The molecule has 3 N–H and O–H groups in total. The van der Waals surface area contributed by atoms with Gasteiger partial charge in [0.1, 0.15) is 24.0 Å². The first-order chi connectivity index (χ1) is 17.2. The topological polar surface area (TPSA) is 141 Å². The second kappa shape index (κ2) is 11.7. The Labute approximate surface area is 222 Å². The lowest BCUT2D eigenvalue weighted by Gasteiger charge is -2.28. The molecule has 37 heavy (non-hydrogen) atoms. The Morgan fingerprint density at radius 3 is 2.62 bits per heavy atom. The van der Waals surface area contributed by atoms with Crippen LogP contribution < -0.4 is 20.9 Å². The van der Waals surface area contributed by atoms with E-state index in [0.717, 1.165) is 10.8 Å². The van der Waals surface area contributed by atoms with Gasteiger partial charge in [0.15, 0.2) is 6.23 Å². The zero-order valence-electron chi connectivity index (χ0n) is 20.4. The zero-order chi connectivity index (χ0) is 27.5. The third kappa shape index (κ3) is 7.05. The smallest absolute Gasteiger partial charge is 0.330 e. The van der Waals surface area contributed by atoms with Crippen molar-refractivity contribution in [3.63, 3.8) is 0 Å². The number of aryl methyl sites for hydroxylation is 1. The molecule has 0 unspecified atom stereocenters. The third-order valence-electron chi connectivity index (χ3n) is 5.21. The summed E-state index contributed by atoms with van der Waals surface area (Å²) in [6, 6.07) is 7.48. The van der Waals surface area contributed by atoms with Gasteiger partial charge in [0.05, 0.1) is 12.7 Å². The van der Waals surface area contributed by atoms with Gasteiger partial charge < -0.3 is 23.6 Å². The van der Waals surface area contributed by atoms with Gasteiger partial charge in [-0.1, -0.05) is 29.8 Å². The molecule has 1 saturated heterocycles. The predicted octanol–water partition coefficient (Wildman–Crippen LogP) is 2.26. The maximum absolute atomic E-state index is 15.4. The summed E-state index contributed by atoms with van der Waals surface area (Å²) < 4.78 is 38.5. The first-order valence-electron chi connectivity index (χ1n) is 11.2. The fourth-order valence-corrected chi connectivity index (χ4v) is 6.09. The number of carbonyl (C=O) groups is 1. The number of carbonyl (C=O) groups excluding carboxylic acids is 1. The number of halogens is 2. The summed E-state index contributed by atoms with van der Waals surface area (Å²) in [6.45, 7) is 2.26. The van der Waals surface area contributed by atoms with Crippen LogP contribution in [0.1, 0.15) is 32.6 Å². The van der Waals surface area contributed by atoms with E-state index in [1.54, 1.807) is 44.2 Å². The normalized spacial score (nSPS) is 26.0. The molecule has 1 aliphatic rings. The average molecular weight is 580 g/mol. The lowest BCUT2D eigenvalue weighted by molar-refractivity contribution is -0.149. The van der Waals surface area contributed by atoms with Crippen LogP contribution in [0.15, 0.2) is 46.1 Å². The monoisotopic (exact) mass is 579 g/mol. The van der Waals surface area contributed by atoms with Crippen molar-refractivity contribution in [3.05, 3.63) is 62.9 Å². The van der Waals surface area contributed by atoms with Crippen LogP contribution in [0.3, 0.4) is 0 Å². The maximum atomic E-state index is 15.4. The number of benzene rings is 1. The lowest BCUT2D eigenvalue weighted by atomic mass is 10.1. The summed E-state index contributed by atoms with van der Waals surface area (Å²) in [5.74, 6) is -0.265. The van der Waals surface area contributed by atoms with E-state index in [2.05, 4.69) is 5.09 Å². The second-order valence-corrected chi connectivity index (χ2v) is 12.4. The molecule has 1 aromatic heterocycles. The van der Waals surface area contributed by atoms with Gasteiger partial charge in [0, 0.05) is 11.8 Å². The Hall–Kier alpha value is -2.12. The number of alkyl halides is 2. The van der Waals surface area contributed by atoms with Gasteiger partial charge in [-0.25, -0.2) is 14.3 Å². The van der Waals surface area contributed by atoms with Crippen LogP contribution in [0.5, 0.6) is 5.75 Å². The molecule has 2 aromatic rings. The summed E-state index contributed by atoms with van der Waals surface area (Å²) in [6.07, 6.45) is -4.44. The van der Waals surface area contributed by atoms with Crippen molar-refractivity contribution in [1.29, 1.82) is 0 Å². The quantitative estimate of drug-likeness (QED) is 0.218. The Bertz CT molecular complexity index is 1270. The molecule has 0 saturated carbocycles. The molecule has 6 atom stereocenters. The number of nitrogens with zero attached hydrogens (tertiary/aromatic N) is 1. The largest absolute Gasteiger partial charge is 0.462 e. The maximum Gasteiger partial charge on any atom is 0.330 e. The number of hydrogen-bond acceptors (Lipinski definition) is 9. The van der Waals surface area contributed by atoms with E-state index in [1.807, 2.05) is 4.98 Å². The van der Waals surface area contributed by atoms with Crippen LogP contribution in [0.25, 0.3) is 0 Å². The zero-order valence-corrected chi connectivity index (χ0v) is 22.9. The van der Waals surface area contributed by atoms with Crippen molar-refractivity contribution < 1.29 is 32.8 Å². The van der Waals surface area contributed by atoms with Crippen LogP contribution in [0.4, 0.5) is 4.39 Å². The highest BCUT2D eigenvalue weighted by Gasteiger charge is 2.58. The molecule has 2 heterocycles. The summed E-state index contributed by atoms with van der Waals surface area (Å²) in [5, 5.41) is 10.4. The molecule has 3 rings (SSSR count). The van der Waals surface area contributed by atoms with Crippen molar-refractivity contribution in [2.75, 3.05) is 6.61 Å². The van der Waals surface area contributed by atoms with E-state index in [4.69, 9.17) is 41.9 Å². The van der Waals surface area contributed by atoms with E-state index in [1.165, 1.54) is 13.8 Å². The van der Waals surface area contributed by atoms with Gasteiger partial charge in [-0.3, -0.25) is 19.1 Å². The molecule has 0 amide bonds. The minimum Gasteiger partial charge on any atom is -0.462 e. The molecule has 0 bridgehead atoms. The standard InChI is InChI=1S/C22H28ClFN3O8PS/c1-12(2)33-19(30)14(4)26-36(37,35-15-8-6-5-7-9-15)32-11-16-17(28)22(23,24)20(34-16)27-10-13(3)18(29)25-21(27)31/h5-10,12,14,16-17,20,28H,11H2,1-4H3,(H,26,37)(H,25,29,31)/t14-,16-,17-,20-,22+,36+/m1/s1. The van der Waals surface area contributed by atoms with Crippen LogP contribution >= 0.6 is 18.2 Å². The van der Waals surface area contributed by atoms with Crippen molar-refractivity contribution >= 4 is 36.0 Å². The number of aliphatic hydroxyl groups excluding tert-OH is 1. The third-order valence-corrected chi connectivity index (χ3v) is 8.12. The molecule has 204 valence electrons. The molecular weight excluding hydrogens is 552 g/mol. The molecule has 1 fully saturated rings.